The van der Waals surface area contributed by atoms with Gasteiger partial charge < -0.3 is 10.6 Å². The van der Waals surface area contributed by atoms with Crippen LogP contribution in [0, 0.1) is 0 Å². The molecule has 2 amide bonds. The molecule has 1 aromatic heterocycles. The van der Waals surface area contributed by atoms with Crippen LogP contribution in [0.25, 0.3) is 0 Å². The Balaban J connectivity index is 1.35. The summed E-state index contributed by atoms with van der Waals surface area (Å²) in [5.74, 6) is 0. The number of hydrogen-bond acceptors (Lipinski definition) is 2. The molecule has 1 atom stereocenters. The van der Waals surface area contributed by atoms with Gasteiger partial charge in [0.1, 0.15) is 0 Å². The van der Waals surface area contributed by atoms with E-state index in [-0.39, 0.29) is 12.1 Å². The maximum atomic E-state index is 11.9. The highest BCUT2D eigenvalue weighted by molar-refractivity contribution is 5.74. The van der Waals surface area contributed by atoms with Crippen LogP contribution in [0.2, 0.25) is 0 Å². The number of amides is 2. The first-order chi connectivity index (χ1) is 10.8. The van der Waals surface area contributed by atoms with Crippen molar-refractivity contribution in [1.82, 2.24) is 20.8 Å². The van der Waals surface area contributed by atoms with E-state index >= 15 is 0 Å². The molecule has 1 aliphatic rings. The van der Waals surface area contributed by atoms with Crippen LogP contribution in [0.1, 0.15) is 29.7 Å². The SMILES string of the molecule is O=C(NCCCc1ccccc1)NC1CCc2cn[nH]c2C1. The standard InChI is InChI=1S/C17H22N4O/c22-17(18-10-4-7-13-5-2-1-3-6-13)20-15-9-8-14-12-19-21-16(14)11-15/h1-3,5-6,12,15H,4,7-11H2,(H,19,21)(H2,18,20,22). The number of carbonyl (C=O) groups excluding carboxylic acids is 1. The average Bonchev–Trinajstić information content (AvgIpc) is 3.00. The zero-order valence-corrected chi connectivity index (χ0v) is 12.6. The normalized spacial score (nSPS) is 16.8. The fraction of sp³-hybridized carbons (Fsp3) is 0.412. The topological polar surface area (TPSA) is 69.8 Å². The molecular weight excluding hydrogens is 276 g/mol. The van der Waals surface area contributed by atoms with Crippen molar-refractivity contribution in [3.05, 3.63) is 53.3 Å². The summed E-state index contributed by atoms with van der Waals surface area (Å²) in [5, 5.41) is 13.1. The largest absolute Gasteiger partial charge is 0.338 e. The predicted octanol–water partition coefficient (Wildman–Crippen LogP) is 2.20. The lowest BCUT2D eigenvalue weighted by molar-refractivity contribution is 0.235. The van der Waals surface area contributed by atoms with Crippen LogP contribution in [-0.4, -0.2) is 28.8 Å². The van der Waals surface area contributed by atoms with E-state index in [4.69, 9.17) is 0 Å². The quantitative estimate of drug-likeness (QED) is 0.741. The fourth-order valence-electron chi connectivity index (χ4n) is 2.91. The maximum absolute atomic E-state index is 11.9. The third-order valence-electron chi connectivity index (χ3n) is 4.13. The van der Waals surface area contributed by atoms with Gasteiger partial charge >= 0.3 is 6.03 Å². The molecule has 1 unspecified atom stereocenters. The summed E-state index contributed by atoms with van der Waals surface area (Å²) < 4.78 is 0. The summed E-state index contributed by atoms with van der Waals surface area (Å²) >= 11 is 0. The molecule has 0 bridgehead atoms. The minimum absolute atomic E-state index is 0.0685. The summed E-state index contributed by atoms with van der Waals surface area (Å²) in [6.45, 7) is 0.697. The van der Waals surface area contributed by atoms with E-state index in [1.807, 2.05) is 24.4 Å². The number of aromatic amines is 1. The third kappa shape index (κ3) is 3.87. The molecule has 1 aromatic carbocycles. The highest BCUT2D eigenvalue weighted by Crippen LogP contribution is 2.18. The van der Waals surface area contributed by atoms with E-state index in [0.717, 1.165) is 37.8 Å². The van der Waals surface area contributed by atoms with E-state index in [0.29, 0.717) is 6.54 Å². The first kappa shape index (κ1) is 14.6. The summed E-state index contributed by atoms with van der Waals surface area (Å²) in [7, 11) is 0. The van der Waals surface area contributed by atoms with Crippen LogP contribution in [0.5, 0.6) is 0 Å². The van der Waals surface area contributed by atoms with Crippen molar-refractivity contribution in [2.24, 2.45) is 0 Å². The number of rotatable bonds is 5. The second-order valence-corrected chi connectivity index (χ2v) is 5.80. The molecule has 1 heterocycles. The van der Waals surface area contributed by atoms with Crippen molar-refractivity contribution in [2.45, 2.75) is 38.1 Å². The number of nitrogens with one attached hydrogen (secondary N) is 3. The number of carbonyl (C=O) groups is 1. The fourth-order valence-corrected chi connectivity index (χ4v) is 2.91. The number of aryl methyl sites for hydroxylation is 2. The Morgan fingerprint density at radius 1 is 1.32 bits per heavy atom. The van der Waals surface area contributed by atoms with Crippen molar-refractivity contribution >= 4 is 6.03 Å². The van der Waals surface area contributed by atoms with Crippen molar-refractivity contribution in [3.8, 4) is 0 Å². The van der Waals surface area contributed by atoms with Crippen LogP contribution >= 0.6 is 0 Å². The zero-order chi connectivity index (χ0) is 15.2. The molecule has 0 saturated carbocycles. The second-order valence-electron chi connectivity index (χ2n) is 5.80. The molecule has 22 heavy (non-hydrogen) atoms. The Morgan fingerprint density at radius 3 is 3.05 bits per heavy atom. The van der Waals surface area contributed by atoms with Gasteiger partial charge in [0.25, 0.3) is 0 Å². The summed E-state index contributed by atoms with van der Waals surface area (Å²) in [6.07, 6.45) is 6.62. The molecule has 116 valence electrons. The van der Waals surface area contributed by atoms with Gasteiger partial charge in [-0.15, -0.1) is 0 Å². The molecular formula is C17H22N4O. The average molecular weight is 298 g/mol. The van der Waals surface area contributed by atoms with Gasteiger partial charge in [-0.3, -0.25) is 5.10 Å². The van der Waals surface area contributed by atoms with Crippen molar-refractivity contribution in [2.75, 3.05) is 6.54 Å². The first-order valence-corrected chi connectivity index (χ1v) is 7.90. The van der Waals surface area contributed by atoms with Gasteiger partial charge in [0, 0.05) is 24.7 Å². The van der Waals surface area contributed by atoms with Crippen LogP contribution < -0.4 is 10.6 Å². The van der Waals surface area contributed by atoms with E-state index in [1.165, 1.54) is 11.1 Å². The number of fused-ring (bicyclic) bond motifs is 1. The summed E-state index contributed by atoms with van der Waals surface area (Å²) in [4.78, 5) is 11.9. The zero-order valence-electron chi connectivity index (χ0n) is 12.6. The van der Waals surface area contributed by atoms with E-state index in [9.17, 15) is 4.79 Å². The van der Waals surface area contributed by atoms with Crippen LogP contribution in [0.3, 0.4) is 0 Å². The lowest BCUT2D eigenvalue weighted by Crippen LogP contribution is -2.44. The smallest absolute Gasteiger partial charge is 0.315 e. The minimum atomic E-state index is -0.0685. The van der Waals surface area contributed by atoms with E-state index in [2.05, 4.69) is 33.0 Å². The Kier molecular flexibility index (Phi) is 4.73. The van der Waals surface area contributed by atoms with Crippen molar-refractivity contribution < 1.29 is 4.79 Å². The Labute approximate surface area is 130 Å². The second kappa shape index (κ2) is 7.11. The molecule has 1 aliphatic carbocycles. The number of urea groups is 1. The van der Waals surface area contributed by atoms with Crippen molar-refractivity contribution in [3.63, 3.8) is 0 Å². The van der Waals surface area contributed by atoms with Crippen LogP contribution in [0.4, 0.5) is 4.79 Å². The minimum Gasteiger partial charge on any atom is -0.338 e. The van der Waals surface area contributed by atoms with Gasteiger partial charge in [-0.05, 0) is 36.8 Å². The highest BCUT2D eigenvalue weighted by atomic mass is 16.2. The molecule has 5 nitrogen and oxygen atoms in total. The monoisotopic (exact) mass is 298 g/mol. The Hall–Kier alpha value is -2.30. The third-order valence-corrected chi connectivity index (χ3v) is 4.13. The molecule has 3 rings (SSSR count). The predicted molar refractivity (Wildman–Crippen MR) is 85.7 cm³/mol. The highest BCUT2D eigenvalue weighted by Gasteiger charge is 2.21. The molecule has 2 aromatic rings. The summed E-state index contributed by atoms with van der Waals surface area (Å²) in [6, 6.07) is 10.5. The van der Waals surface area contributed by atoms with Gasteiger partial charge in [0.05, 0.1) is 6.20 Å². The number of nitrogens with zero attached hydrogens (tertiary/aromatic N) is 1. The molecule has 0 spiro atoms. The number of hydrogen-bond donors (Lipinski definition) is 3. The van der Waals surface area contributed by atoms with Gasteiger partial charge in [0.2, 0.25) is 0 Å². The number of aromatic nitrogens is 2. The number of H-pyrrole nitrogens is 1. The first-order valence-electron chi connectivity index (χ1n) is 7.90. The van der Waals surface area contributed by atoms with Gasteiger partial charge in [-0.25, -0.2) is 4.79 Å². The molecule has 3 N–H and O–H groups in total. The summed E-state index contributed by atoms with van der Waals surface area (Å²) in [5.41, 5.74) is 3.74. The van der Waals surface area contributed by atoms with E-state index in [1.54, 1.807) is 0 Å². The maximum Gasteiger partial charge on any atom is 0.315 e. The molecule has 0 saturated heterocycles. The molecule has 0 radical (unpaired) electrons. The van der Waals surface area contributed by atoms with Gasteiger partial charge in [0.15, 0.2) is 0 Å². The Bertz CT molecular complexity index is 608. The lowest BCUT2D eigenvalue weighted by Gasteiger charge is -2.22. The lowest BCUT2D eigenvalue weighted by atomic mass is 9.94. The molecule has 5 heteroatoms. The molecule has 0 fully saturated rings. The molecule has 0 aliphatic heterocycles. The van der Waals surface area contributed by atoms with Crippen molar-refractivity contribution in [1.29, 1.82) is 0 Å². The number of benzene rings is 1. The van der Waals surface area contributed by atoms with Crippen LogP contribution in [-0.2, 0) is 19.3 Å². The van der Waals surface area contributed by atoms with Gasteiger partial charge in [-0.2, -0.15) is 5.10 Å². The Morgan fingerprint density at radius 2 is 2.18 bits per heavy atom. The van der Waals surface area contributed by atoms with Gasteiger partial charge in [-0.1, -0.05) is 30.3 Å². The van der Waals surface area contributed by atoms with Crippen LogP contribution in [0.15, 0.2) is 36.5 Å². The van der Waals surface area contributed by atoms with E-state index < -0.39 is 0 Å².